The average molecular weight is 1500 g/mol. The van der Waals surface area contributed by atoms with Crippen LogP contribution in [0, 0.1) is 29.6 Å². The second-order valence-electron chi connectivity index (χ2n) is 29.1. The number of nitrogens with zero attached hydrogens (tertiary/aromatic N) is 6. The number of rotatable bonds is 43. The number of imide groups is 1. The zero-order chi connectivity index (χ0) is 78.6. The molecule has 0 aliphatic carbocycles. The van der Waals surface area contributed by atoms with Gasteiger partial charge in [0.15, 0.2) is 0 Å². The van der Waals surface area contributed by atoms with E-state index in [1.54, 1.807) is 77.5 Å². The molecule has 27 nitrogen and oxygen atoms in total. The molecule has 0 bridgehead atoms. The Labute approximate surface area is 634 Å². The summed E-state index contributed by atoms with van der Waals surface area (Å²) in [7, 11) is 8.33. The van der Waals surface area contributed by atoms with E-state index in [2.05, 4.69) is 36.9 Å². The van der Waals surface area contributed by atoms with Crippen LogP contribution in [0.15, 0.2) is 103 Å². The molecular formula is C79H115N13O14S. The Hall–Kier alpha value is -9.12. The number of methoxy groups -OCH3 is 2. The highest BCUT2D eigenvalue weighted by atomic mass is 32.1. The number of ether oxygens (including phenoxy) is 3. The van der Waals surface area contributed by atoms with E-state index in [0.717, 1.165) is 27.5 Å². The summed E-state index contributed by atoms with van der Waals surface area (Å²) in [6.45, 7) is 18.4. The quantitative estimate of drug-likeness (QED) is 0.0163. The van der Waals surface area contributed by atoms with Crippen molar-refractivity contribution in [1.29, 1.82) is 0 Å². The Kier molecular flexibility index (Phi) is 34.9. The van der Waals surface area contributed by atoms with Crippen molar-refractivity contribution in [2.75, 3.05) is 71.8 Å². The molecule has 1 saturated heterocycles. The van der Waals surface area contributed by atoms with Crippen LogP contribution in [0.5, 0.6) is 0 Å². The summed E-state index contributed by atoms with van der Waals surface area (Å²) in [5.74, 6) is -4.72. The van der Waals surface area contributed by atoms with E-state index in [-0.39, 0.29) is 122 Å². The van der Waals surface area contributed by atoms with Crippen LogP contribution in [-0.2, 0) is 76.8 Å². The lowest BCUT2D eigenvalue weighted by Crippen LogP contribution is -2.60. The fraction of sp³-hybridized carbons (Fsp3) is 0.570. The van der Waals surface area contributed by atoms with Gasteiger partial charge >= 0.3 is 12.1 Å². The number of aromatic nitrogens is 1. The Morgan fingerprint density at radius 2 is 1.37 bits per heavy atom. The number of likely N-dealkylation sites (tertiary alicyclic amines) is 1. The van der Waals surface area contributed by atoms with Crippen LogP contribution < -0.4 is 42.5 Å². The molecule has 11 unspecified atom stereocenters. The van der Waals surface area contributed by atoms with Crippen molar-refractivity contribution < 1.29 is 67.0 Å². The number of unbranched alkanes of at least 4 members (excludes halogenated alkanes) is 2. The zero-order valence-electron chi connectivity index (χ0n) is 64.8. The van der Waals surface area contributed by atoms with Crippen LogP contribution in [-0.4, -0.2) is 200 Å². The molecule has 2 aliphatic rings. The maximum Gasteiger partial charge on any atom is 0.414 e. The van der Waals surface area contributed by atoms with E-state index in [1.807, 2.05) is 125 Å². The number of urea groups is 1. The predicted molar refractivity (Wildman–Crippen MR) is 411 cm³/mol. The van der Waals surface area contributed by atoms with Crippen LogP contribution in [0.4, 0.5) is 21.0 Å². The van der Waals surface area contributed by atoms with Crippen molar-refractivity contribution in [3.05, 3.63) is 124 Å². The smallest absolute Gasteiger partial charge is 0.414 e. The first kappa shape index (κ1) is 86.8. The maximum atomic E-state index is 14.9. The van der Waals surface area contributed by atoms with Crippen LogP contribution >= 0.6 is 11.3 Å². The van der Waals surface area contributed by atoms with Gasteiger partial charge in [-0.05, 0) is 123 Å². The van der Waals surface area contributed by atoms with Crippen molar-refractivity contribution >= 4 is 88.0 Å². The molecule has 0 radical (unpaired) electrons. The van der Waals surface area contributed by atoms with E-state index < -0.39 is 72.3 Å². The highest BCUT2D eigenvalue weighted by Crippen LogP contribution is 2.32. The number of likely N-dealkylation sites (N-methyl/N-ethyl adjacent to an activating group) is 2. The first-order chi connectivity index (χ1) is 51.0. The molecule has 2 aliphatic heterocycles. The predicted octanol–water partition coefficient (Wildman–Crippen LogP) is 8.07. The van der Waals surface area contributed by atoms with Gasteiger partial charge in [0.25, 0.3) is 11.8 Å². The highest BCUT2D eigenvalue weighted by Gasteiger charge is 2.44. The molecule has 3 heterocycles. The molecule has 4 aromatic rings. The fourth-order valence-corrected chi connectivity index (χ4v) is 14.5. The molecule has 3 aromatic carbocycles. The fourth-order valence-electron chi connectivity index (χ4n) is 13.9. The second-order valence-corrected chi connectivity index (χ2v) is 30.0. The molecule has 0 spiro atoms. The lowest BCUT2D eigenvalue weighted by atomic mass is 9.89. The van der Waals surface area contributed by atoms with E-state index in [0.29, 0.717) is 75.0 Å². The van der Waals surface area contributed by atoms with Crippen molar-refractivity contribution in [2.24, 2.45) is 35.3 Å². The molecule has 11 atom stereocenters. The lowest BCUT2D eigenvalue weighted by Gasteiger charge is -2.41. The Morgan fingerprint density at radius 3 is 1.97 bits per heavy atom. The van der Waals surface area contributed by atoms with Gasteiger partial charge in [-0.3, -0.25) is 57.9 Å². The number of nitrogens with one attached hydrogen (secondary N) is 6. The number of benzene rings is 3. The molecule has 0 saturated carbocycles. The summed E-state index contributed by atoms with van der Waals surface area (Å²) in [4.78, 5) is 160. The van der Waals surface area contributed by atoms with Crippen molar-refractivity contribution in [2.45, 2.75) is 200 Å². The first-order valence-corrected chi connectivity index (χ1v) is 38.3. The standard InChI is InChI=1S/C79H115N13O14S/c1-15-52(8)70(62(104-13)47-66(96)91-43-23-27-61(91)71(105-14)53(9)72(97)85-60(76-81-41-45-107-76)46-55-24-18-16-19-25-55)90(12)77(101)68(50(4)5)87-75(100)69(51(6)7)88(10)44-39-54-31-35-58(36-32-54)89(11)79(103)106-48-56-29-33-57(34-30-56)83-73(98)59(26-22-40-82-78(80)102)84-74(99)67(49(2)3)86-63(93)28-20-17-21-42-92-64(94)37-38-65(92)95/h16,18-19,24-25,29-38,41,45,49-53,59-62,67-71H,15,17,20-23,26-28,39-40,42-44,46-48H2,1-14H3,(H,83,98)(H,84,99)(H,85,97)(H,86,93)(H,87,100)(H3,80,82,102). The van der Waals surface area contributed by atoms with Crippen molar-refractivity contribution in [3.8, 4) is 0 Å². The number of carbonyl (C=O) groups excluding carboxylic acids is 11. The molecule has 8 N–H and O–H groups in total. The summed E-state index contributed by atoms with van der Waals surface area (Å²) in [5.41, 5.74) is 8.85. The number of primary amides is 1. The molecule has 1 fully saturated rings. The van der Waals surface area contributed by atoms with Gasteiger partial charge in [0.2, 0.25) is 41.4 Å². The number of thiazole rings is 1. The van der Waals surface area contributed by atoms with E-state index in [4.69, 9.17) is 19.9 Å². The van der Waals surface area contributed by atoms with Crippen LogP contribution in [0.25, 0.3) is 0 Å². The maximum absolute atomic E-state index is 14.9. The van der Waals surface area contributed by atoms with E-state index in [1.165, 1.54) is 28.4 Å². The van der Waals surface area contributed by atoms with Gasteiger partial charge in [0, 0.05) is 96.0 Å². The zero-order valence-corrected chi connectivity index (χ0v) is 65.6. The molecule has 28 heteroatoms. The minimum atomic E-state index is -1.08. The van der Waals surface area contributed by atoms with Gasteiger partial charge in [0.1, 0.15) is 29.7 Å². The Morgan fingerprint density at radius 1 is 0.710 bits per heavy atom. The molecule has 107 heavy (non-hydrogen) atoms. The molecule has 6 rings (SSSR count). The molecular weight excluding hydrogens is 1390 g/mol. The molecule has 1 aromatic heterocycles. The summed E-state index contributed by atoms with van der Waals surface area (Å²) >= 11 is 1.48. The normalized spacial score (nSPS) is 16.4. The summed E-state index contributed by atoms with van der Waals surface area (Å²) in [6, 6.07) is 18.4. The van der Waals surface area contributed by atoms with Crippen molar-refractivity contribution in [1.82, 2.24) is 51.2 Å². The lowest BCUT2D eigenvalue weighted by molar-refractivity contribution is -0.148. The minimum absolute atomic E-state index is 0.0263. The summed E-state index contributed by atoms with van der Waals surface area (Å²) in [5, 5.41) is 19.9. The Balaban J connectivity index is 0.989. The van der Waals surface area contributed by atoms with Crippen molar-refractivity contribution in [3.63, 3.8) is 0 Å². The van der Waals surface area contributed by atoms with Gasteiger partial charge in [0.05, 0.1) is 48.7 Å². The van der Waals surface area contributed by atoms with Gasteiger partial charge in [-0.2, -0.15) is 0 Å². The van der Waals surface area contributed by atoms with Gasteiger partial charge in [-0.25, -0.2) is 14.6 Å². The summed E-state index contributed by atoms with van der Waals surface area (Å²) in [6.07, 6.45) is 7.42. The minimum Gasteiger partial charge on any atom is -0.444 e. The second kappa shape index (κ2) is 43.0. The molecule has 12 amide bonds. The third-order valence-corrected chi connectivity index (χ3v) is 21.1. The van der Waals surface area contributed by atoms with Crippen LogP contribution in [0.3, 0.4) is 0 Å². The number of hydrogen-bond donors (Lipinski definition) is 7. The van der Waals surface area contributed by atoms with Gasteiger partial charge < -0.3 is 61.6 Å². The summed E-state index contributed by atoms with van der Waals surface area (Å²) < 4.78 is 18.0. The highest BCUT2D eigenvalue weighted by molar-refractivity contribution is 7.09. The molecule has 586 valence electrons. The van der Waals surface area contributed by atoms with Crippen LogP contribution in [0.2, 0.25) is 0 Å². The third kappa shape index (κ3) is 25.8. The first-order valence-electron chi connectivity index (χ1n) is 37.4. The number of anilines is 2. The number of hydrogen-bond acceptors (Lipinski definition) is 17. The number of amides is 12. The van der Waals surface area contributed by atoms with E-state index in [9.17, 15) is 52.7 Å². The third-order valence-electron chi connectivity index (χ3n) is 20.2. The van der Waals surface area contributed by atoms with Gasteiger partial charge in [-0.15, -0.1) is 11.3 Å². The monoisotopic (exact) mass is 1500 g/mol. The number of nitrogens with two attached hydrogens (primary N) is 1. The largest absolute Gasteiger partial charge is 0.444 e. The van der Waals surface area contributed by atoms with E-state index >= 15 is 0 Å². The van der Waals surface area contributed by atoms with Gasteiger partial charge in [-0.1, -0.05) is 130 Å². The Bertz CT molecular complexity index is 3580. The number of carbonyl (C=O) groups is 11. The SMILES string of the molecule is CCC(C)C(C(CC(=O)N1CCCC1C(OC)C(C)C(=O)NC(Cc1ccccc1)c1nccs1)OC)N(C)C(=O)C(NC(=O)C(C(C)C)N(C)CCc1ccc(N(C)C(=O)OCc2ccc(NC(=O)C(CCCNC(N)=O)NC(=O)C(NC(=O)CCCCCN3C(=O)C=CC3=O)C(C)C)cc2)cc1)C(C)C. The van der Waals surface area contributed by atoms with Crippen LogP contribution in [0.1, 0.15) is 154 Å². The average Bonchev–Trinajstić information content (AvgIpc) is 1.68. The topological polar surface area (TPSA) is 343 Å².